The first-order chi connectivity index (χ1) is 15.1. The molecule has 3 rings (SSSR count). The van der Waals surface area contributed by atoms with Crippen LogP contribution in [0, 0.1) is 5.92 Å². The minimum Gasteiger partial charge on any atom is -0.484 e. The van der Waals surface area contributed by atoms with Crippen LogP contribution in [0.15, 0.2) is 12.3 Å². The van der Waals surface area contributed by atoms with Crippen LogP contribution in [0.5, 0.6) is 5.75 Å². The third-order valence-electron chi connectivity index (χ3n) is 6.12. The van der Waals surface area contributed by atoms with Gasteiger partial charge in [0.2, 0.25) is 0 Å². The van der Waals surface area contributed by atoms with Gasteiger partial charge in [-0.1, -0.05) is 19.8 Å². The number of hydrogen-bond acceptors (Lipinski definition) is 5. The maximum absolute atomic E-state index is 13.0. The van der Waals surface area contributed by atoms with E-state index in [2.05, 4.69) is 17.2 Å². The maximum atomic E-state index is 13.0. The second-order valence-corrected chi connectivity index (χ2v) is 9.25. The number of nitrogens with zero attached hydrogens (tertiary/aromatic N) is 1. The van der Waals surface area contributed by atoms with Gasteiger partial charge in [0, 0.05) is 36.4 Å². The molecule has 32 heavy (non-hydrogen) atoms. The lowest BCUT2D eigenvalue weighted by molar-refractivity contribution is -0.153. The van der Waals surface area contributed by atoms with E-state index in [-0.39, 0.29) is 23.3 Å². The smallest absolute Gasteiger partial charge is 0.422 e. The number of carbonyl (C=O) groups excluding carboxylic acids is 1. The molecule has 6 nitrogen and oxygen atoms in total. The molecule has 0 radical (unpaired) electrons. The van der Waals surface area contributed by atoms with E-state index >= 15 is 0 Å². The zero-order valence-corrected chi connectivity index (χ0v) is 18.8. The summed E-state index contributed by atoms with van der Waals surface area (Å²) in [6, 6.07) is 1.32. The molecule has 0 aromatic carbocycles. The van der Waals surface area contributed by atoms with E-state index in [1.54, 1.807) is 0 Å². The number of rotatable bonds is 13. The summed E-state index contributed by atoms with van der Waals surface area (Å²) < 4.78 is 48.8. The number of alkyl halides is 3. The number of nitrogens with one attached hydrogen (secondary N) is 1. The first-order valence-corrected chi connectivity index (χ1v) is 11.5. The van der Waals surface area contributed by atoms with Crippen molar-refractivity contribution in [3.8, 4) is 5.75 Å². The molecule has 0 saturated heterocycles. The Morgan fingerprint density at radius 1 is 1.28 bits per heavy atom. The molecule has 2 saturated carbocycles. The van der Waals surface area contributed by atoms with Crippen LogP contribution in [0.2, 0.25) is 0 Å². The summed E-state index contributed by atoms with van der Waals surface area (Å²) in [6.07, 6.45) is 3.79. The first-order valence-electron chi connectivity index (χ1n) is 11.5. The molecule has 1 amide bonds. The molecule has 0 bridgehead atoms. The van der Waals surface area contributed by atoms with Gasteiger partial charge >= 0.3 is 6.18 Å². The average Bonchev–Trinajstić information content (AvgIpc) is 3.61. The van der Waals surface area contributed by atoms with Crippen molar-refractivity contribution in [3.05, 3.63) is 23.5 Å². The highest BCUT2D eigenvalue weighted by atomic mass is 19.4. The predicted octanol–water partition coefficient (Wildman–Crippen LogP) is 4.68. The Morgan fingerprint density at radius 3 is 2.59 bits per heavy atom. The topological polar surface area (TPSA) is 86.5 Å². The van der Waals surface area contributed by atoms with Gasteiger partial charge in [0.25, 0.3) is 5.91 Å². The van der Waals surface area contributed by atoms with Crippen LogP contribution in [0.4, 0.5) is 13.2 Å². The van der Waals surface area contributed by atoms with Crippen LogP contribution in [-0.2, 0) is 4.74 Å². The fourth-order valence-corrected chi connectivity index (χ4v) is 3.98. The molecular formula is C23H34F3N3O3. The van der Waals surface area contributed by atoms with Crippen molar-refractivity contribution in [1.82, 2.24) is 10.3 Å². The fourth-order valence-electron chi connectivity index (χ4n) is 3.98. The number of amides is 1. The summed E-state index contributed by atoms with van der Waals surface area (Å²) in [5.41, 5.74) is 6.25. The van der Waals surface area contributed by atoms with Crippen molar-refractivity contribution in [2.75, 3.05) is 13.2 Å². The molecular weight excluding hydrogens is 423 g/mol. The Kier molecular flexibility index (Phi) is 8.03. The summed E-state index contributed by atoms with van der Waals surface area (Å²) in [4.78, 5) is 17.2. The summed E-state index contributed by atoms with van der Waals surface area (Å²) in [6.45, 7) is 3.23. The monoisotopic (exact) mass is 457 g/mol. The quantitative estimate of drug-likeness (QED) is 0.332. The van der Waals surface area contributed by atoms with Crippen LogP contribution in [-0.4, -0.2) is 42.0 Å². The lowest BCUT2D eigenvalue weighted by Crippen LogP contribution is -2.51. The molecule has 3 N–H and O–H groups in total. The van der Waals surface area contributed by atoms with Crippen LogP contribution < -0.4 is 15.8 Å². The predicted molar refractivity (Wildman–Crippen MR) is 114 cm³/mol. The van der Waals surface area contributed by atoms with Crippen molar-refractivity contribution in [2.24, 2.45) is 11.7 Å². The summed E-state index contributed by atoms with van der Waals surface area (Å²) in [7, 11) is 0. The first kappa shape index (κ1) is 24.8. The van der Waals surface area contributed by atoms with E-state index in [0.717, 1.165) is 44.9 Å². The van der Waals surface area contributed by atoms with E-state index < -0.39 is 30.5 Å². The highest BCUT2D eigenvalue weighted by Crippen LogP contribution is 2.45. The van der Waals surface area contributed by atoms with Gasteiger partial charge in [0.1, 0.15) is 17.7 Å². The fraction of sp³-hybridized carbons (Fsp3) is 0.739. The molecule has 2 atom stereocenters. The number of unbranched alkanes of at least 4 members (excludes halogenated alkanes) is 2. The second kappa shape index (κ2) is 10.4. The van der Waals surface area contributed by atoms with Crippen LogP contribution >= 0.6 is 0 Å². The van der Waals surface area contributed by atoms with E-state index in [9.17, 15) is 18.0 Å². The van der Waals surface area contributed by atoms with Crippen molar-refractivity contribution < 1.29 is 27.4 Å². The van der Waals surface area contributed by atoms with Gasteiger partial charge in [0.05, 0.1) is 0 Å². The minimum atomic E-state index is -4.45. The molecule has 9 heteroatoms. The van der Waals surface area contributed by atoms with Crippen LogP contribution in [0.25, 0.3) is 0 Å². The van der Waals surface area contributed by atoms with Crippen molar-refractivity contribution in [1.29, 1.82) is 0 Å². The number of halogens is 3. The highest BCUT2D eigenvalue weighted by molar-refractivity contribution is 5.93. The van der Waals surface area contributed by atoms with Gasteiger partial charge in [-0.2, -0.15) is 13.2 Å². The largest absolute Gasteiger partial charge is 0.484 e. The molecule has 2 fully saturated rings. The molecule has 1 unspecified atom stereocenters. The van der Waals surface area contributed by atoms with Crippen molar-refractivity contribution in [2.45, 2.75) is 89.1 Å². The number of nitrogens with two attached hydrogens (primary N) is 1. The highest BCUT2D eigenvalue weighted by Gasteiger charge is 2.44. The lowest BCUT2D eigenvalue weighted by Gasteiger charge is -2.33. The second-order valence-electron chi connectivity index (χ2n) is 9.25. The Bertz CT molecular complexity index is 781. The van der Waals surface area contributed by atoms with Gasteiger partial charge in [-0.3, -0.25) is 9.78 Å². The molecule has 2 aliphatic rings. The van der Waals surface area contributed by atoms with Crippen LogP contribution in [0.3, 0.4) is 0 Å². The SMILES string of the molecule is CCCCCOC(N)C[C@@](C)(NC(=O)c1cc(OCC(F)(F)F)c(C2CC2)cn1)C1CC1. The van der Waals surface area contributed by atoms with Crippen molar-refractivity contribution >= 4 is 5.91 Å². The number of carbonyl (C=O) groups is 1. The Morgan fingerprint density at radius 2 is 2.00 bits per heavy atom. The van der Waals surface area contributed by atoms with Gasteiger partial charge in [-0.25, -0.2) is 0 Å². The summed E-state index contributed by atoms with van der Waals surface area (Å²) in [5, 5.41) is 3.03. The Labute approximate surface area is 187 Å². The third kappa shape index (κ3) is 7.33. The van der Waals surface area contributed by atoms with Gasteiger partial charge in [-0.05, 0) is 50.9 Å². The van der Waals surface area contributed by atoms with E-state index in [1.807, 2.05) is 6.92 Å². The summed E-state index contributed by atoms with van der Waals surface area (Å²) in [5.74, 6) is 0.0525. The molecule has 1 heterocycles. The number of pyridine rings is 1. The van der Waals surface area contributed by atoms with E-state index in [1.165, 1.54) is 12.3 Å². The zero-order valence-electron chi connectivity index (χ0n) is 18.8. The van der Waals surface area contributed by atoms with Crippen LogP contribution in [0.1, 0.15) is 87.2 Å². The number of ether oxygens (including phenoxy) is 2. The minimum absolute atomic E-state index is 0.0379. The average molecular weight is 458 g/mol. The lowest BCUT2D eigenvalue weighted by atomic mass is 9.90. The molecule has 2 aliphatic carbocycles. The van der Waals surface area contributed by atoms with Gasteiger partial charge < -0.3 is 20.5 Å². The molecule has 1 aromatic heterocycles. The zero-order chi connectivity index (χ0) is 23.4. The molecule has 180 valence electrons. The van der Waals surface area contributed by atoms with E-state index in [4.69, 9.17) is 15.2 Å². The Balaban J connectivity index is 1.66. The molecule has 1 aromatic rings. The molecule has 0 spiro atoms. The third-order valence-corrected chi connectivity index (χ3v) is 6.12. The standard InChI is InChI=1S/C23H34F3N3O3/c1-3-4-5-10-31-20(27)12-22(2,16-8-9-16)29-21(30)18-11-19(32-14-23(24,25)26)17(13-28-18)15-6-7-15/h11,13,15-16,20H,3-10,12,14,27H2,1-2H3,(H,29,30)/t20?,22-/m1/s1. The Hall–Kier alpha value is -1.87. The van der Waals surface area contributed by atoms with E-state index in [0.29, 0.717) is 18.6 Å². The van der Waals surface area contributed by atoms with Crippen molar-refractivity contribution in [3.63, 3.8) is 0 Å². The normalized spacial score (nSPS) is 19.3. The van der Waals surface area contributed by atoms with Gasteiger partial charge in [0.15, 0.2) is 6.61 Å². The maximum Gasteiger partial charge on any atom is 0.422 e. The van der Waals surface area contributed by atoms with Gasteiger partial charge in [-0.15, -0.1) is 0 Å². The number of hydrogen-bond donors (Lipinski definition) is 2. The summed E-state index contributed by atoms with van der Waals surface area (Å²) >= 11 is 0. The number of aromatic nitrogens is 1. The molecule has 0 aliphatic heterocycles.